The standard InChI is InChI=1S/C22H24N2O3/c1-13(2)18-10-19-17(12-27-20(19)7-14(18)3)9-21(25)24-11-15-5-4-6-16(8-15)22(23)26/h4-8,10,12-13H,9,11H2,1-3H3,(H2,23,26)(H,24,25). The van der Waals surface area contributed by atoms with E-state index in [0.29, 0.717) is 18.0 Å². The fourth-order valence-corrected chi connectivity index (χ4v) is 3.27. The minimum atomic E-state index is -0.482. The number of carbonyl (C=O) groups is 2. The Morgan fingerprint density at radius 1 is 1.19 bits per heavy atom. The molecule has 2 aromatic carbocycles. The van der Waals surface area contributed by atoms with E-state index in [0.717, 1.165) is 22.1 Å². The zero-order valence-electron chi connectivity index (χ0n) is 15.8. The predicted molar refractivity (Wildman–Crippen MR) is 106 cm³/mol. The van der Waals surface area contributed by atoms with Crippen LogP contribution in [0.25, 0.3) is 11.0 Å². The van der Waals surface area contributed by atoms with Gasteiger partial charge in [0.15, 0.2) is 0 Å². The third-order valence-electron chi connectivity index (χ3n) is 4.72. The van der Waals surface area contributed by atoms with E-state index in [2.05, 4.69) is 32.2 Å². The third-order valence-corrected chi connectivity index (χ3v) is 4.72. The lowest BCUT2D eigenvalue weighted by Gasteiger charge is -2.10. The van der Waals surface area contributed by atoms with Crippen LogP contribution in [0.5, 0.6) is 0 Å². The van der Waals surface area contributed by atoms with Crippen LogP contribution in [0.1, 0.15) is 52.4 Å². The maximum Gasteiger partial charge on any atom is 0.248 e. The zero-order chi connectivity index (χ0) is 19.6. The molecule has 0 bridgehead atoms. The molecule has 3 aromatic rings. The predicted octanol–water partition coefficient (Wildman–Crippen LogP) is 3.82. The average Bonchev–Trinajstić information content (AvgIpc) is 3.00. The number of nitrogens with two attached hydrogens (primary N) is 1. The summed E-state index contributed by atoms with van der Waals surface area (Å²) in [6.45, 7) is 6.72. The van der Waals surface area contributed by atoms with Crippen LogP contribution in [0.2, 0.25) is 0 Å². The molecule has 0 aliphatic rings. The number of nitrogens with one attached hydrogen (secondary N) is 1. The van der Waals surface area contributed by atoms with Gasteiger partial charge in [-0.15, -0.1) is 0 Å². The maximum absolute atomic E-state index is 12.4. The van der Waals surface area contributed by atoms with Gasteiger partial charge in [0.1, 0.15) is 5.58 Å². The molecule has 27 heavy (non-hydrogen) atoms. The summed E-state index contributed by atoms with van der Waals surface area (Å²) in [5.41, 5.74) is 10.7. The number of hydrogen-bond donors (Lipinski definition) is 2. The van der Waals surface area contributed by atoms with Crippen molar-refractivity contribution in [3.63, 3.8) is 0 Å². The Morgan fingerprint density at radius 3 is 2.67 bits per heavy atom. The van der Waals surface area contributed by atoms with Gasteiger partial charge in [-0.1, -0.05) is 26.0 Å². The monoisotopic (exact) mass is 364 g/mol. The molecule has 3 N–H and O–H groups in total. The number of hydrogen-bond acceptors (Lipinski definition) is 3. The van der Waals surface area contributed by atoms with Gasteiger partial charge in [-0.3, -0.25) is 9.59 Å². The van der Waals surface area contributed by atoms with Gasteiger partial charge in [-0.05, 0) is 53.8 Å². The summed E-state index contributed by atoms with van der Waals surface area (Å²) in [5, 5.41) is 3.87. The Balaban J connectivity index is 1.72. The summed E-state index contributed by atoms with van der Waals surface area (Å²) in [5.74, 6) is -0.179. The van der Waals surface area contributed by atoms with Gasteiger partial charge in [-0.2, -0.15) is 0 Å². The van der Waals surface area contributed by atoms with Crippen LogP contribution < -0.4 is 11.1 Å². The molecule has 0 aliphatic carbocycles. The molecule has 0 aliphatic heterocycles. The van der Waals surface area contributed by atoms with Crippen molar-refractivity contribution in [2.24, 2.45) is 5.73 Å². The molecule has 0 saturated carbocycles. The molecular weight excluding hydrogens is 340 g/mol. The van der Waals surface area contributed by atoms with Crippen LogP contribution in [0.15, 0.2) is 47.1 Å². The Labute approximate surface area is 158 Å². The SMILES string of the molecule is Cc1cc2occ(CC(=O)NCc3cccc(C(N)=O)c3)c2cc1C(C)C. The maximum atomic E-state index is 12.4. The lowest BCUT2D eigenvalue weighted by atomic mass is 9.95. The number of amides is 2. The van der Waals surface area contributed by atoms with Crippen LogP contribution >= 0.6 is 0 Å². The molecule has 5 heteroatoms. The second kappa shape index (κ2) is 7.66. The summed E-state index contributed by atoms with van der Waals surface area (Å²) >= 11 is 0. The van der Waals surface area contributed by atoms with Gasteiger partial charge in [0.25, 0.3) is 0 Å². The third kappa shape index (κ3) is 4.19. The summed E-state index contributed by atoms with van der Waals surface area (Å²) < 4.78 is 5.64. The summed E-state index contributed by atoms with van der Waals surface area (Å²) in [6, 6.07) is 11.1. The number of benzene rings is 2. The van der Waals surface area contributed by atoms with Crippen molar-refractivity contribution in [1.82, 2.24) is 5.32 Å². The Morgan fingerprint density at radius 2 is 1.96 bits per heavy atom. The highest BCUT2D eigenvalue weighted by atomic mass is 16.3. The van der Waals surface area contributed by atoms with Crippen molar-refractivity contribution in [2.45, 2.75) is 39.7 Å². The topological polar surface area (TPSA) is 85.3 Å². The molecule has 3 rings (SSSR count). The normalized spacial score (nSPS) is 11.1. The van der Waals surface area contributed by atoms with Gasteiger partial charge in [-0.25, -0.2) is 0 Å². The van der Waals surface area contributed by atoms with E-state index in [1.54, 1.807) is 24.5 Å². The molecule has 140 valence electrons. The molecule has 0 fully saturated rings. The Bertz CT molecular complexity index is 1000. The first-order valence-electron chi connectivity index (χ1n) is 9.01. The van der Waals surface area contributed by atoms with Gasteiger partial charge in [0.2, 0.25) is 11.8 Å². The van der Waals surface area contributed by atoms with E-state index in [-0.39, 0.29) is 12.3 Å². The van der Waals surface area contributed by atoms with Crippen LogP contribution in [-0.2, 0) is 17.8 Å². The second-order valence-corrected chi connectivity index (χ2v) is 7.14. The van der Waals surface area contributed by atoms with Crippen molar-refractivity contribution < 1.29 is 14.0 Å². The van der Waals surface area contributed by atoms with Crippen LogP contribution in [0, 0.1) is 6.92 Å². The summed E-state index contributed by atoms with van der Waals surface area (Å²) in [6.07, 6.45) is 1.89. The number of primary amides is 1. The smallest absolute Gasteiger partial charge is 0.248 e. The van der Waals surface area contributed by atoms with E-state index in [9.17, 15) is 9.59 Å². The number of carbonyl (C=O) groups excluding carboxylic acids is 2. The molecule has 2 amide bonds. The molecule has 0 atom stereocenters. The number of aryl methyl sites for hydroxylation is 1. The van der Waals surface area contributed by atoms with E-state index in [4.69, 9.17) is 10.2 Å². The highest BCUT2D eigenvalue weighted by Crippen LogP contribution is 2.29. The largest absolute Gasteiger partial charge is 0.464 e. The first-order chi connectivity index (χ1) is 12.8. The van der Waals surface area contributed by atoms with Gasteiger partial charge in [0.05, 0.1) is 12.7 Å². The van der Waals surface area contributed by atoms with E-state index < -0.39 is 5.91 Å². The summed E-state index contributed by atoms with van der Waals surface area (Å²) in [4.78, 5) is 23.6. The molecule has 0 unspecified atom stereocenters. The average molecular weight is 364 g/mol. The highest BCUT2D eigenvalue weighted by molar-refractivity contribution is 5.93. The van der Waals surface area contributed by atoms with E-state index in [1.807, 2.05) is 12.1 Å². The van der Waals surface area contributed by atoms with Crippen molar-refractivity contribution >= 4 is 22.8 Å². The Hall–Kier alpha value is -3.08. The van der Waals surface area contributed by atoms with Crippen LogP contribution in [0.3, 0.4) is 0 Å². The van der Waals surface area contributed by atoms with E-state index >= 15 is 0 Å². The number of furan rings is 1. The molecule has 1 aromatic heterocycles. The number of fused-ring (bicyclic) bond motifs is 1. The fraction of sp³-hybridized carbons (Fsp3) is 0.273. The Kier molecular flexibility index (Phi) is 5.31. The zero-order valence-corrected chi connectivity index (χ0v) is 15.8. The minimum Gasteiger partial charge on any atom is -0.464 e. The van der Waals surface area contributed by atoms with Crippen molar-refractivity contribution in [2.75, 3.05) is 0 Å². The molecular formula is C22H24N2O3. The quantitative estimate of drug-likeness (QED) is 0.697. The van der Waals surface area contributed by atoms with Crippen molar-refractivity contribution in [3.05, 3.63) is 70.5 Å². The lowest BCUT2D eigenvalue weighted by molar-refractivity contribution is -0.120. The lowest BCUT2D eigenvalue weighted by Crippen LogP contribution is -2.24. The van der Waals surface area contributed by atoms with Gasteiger partial charge in [0, 0.05) is 23.1 Å². The highest BCUT2D eigenvalue weighted by Gasteiger charge is 2.14. The van der Waals surface area contributed by atoms with Crippen LogP contribution in [-0.4, -0.2) is 11.8 Å². The van der Waals surface area contributed by atoms with Gasteiger partial charge >= 0.3 is 0 Å². The van der Waals surface area contributed by atoms with Gasteiger partial charge < -0.3 is 15.5 Å². The van der Waals surface area contributed by atoms with E-state index in [1.165, 1.54) is 11.1 Å². The molecule has 0 saturated heterocycles. The molecule has 0 radical (unpaired) electrons. The molecule has 0 spiro atoms. The van der Waals surface area contributed by atoms with Crippen molar-refractivity contribution in [1.29, 1.82) is 0 Å². The fourth-order valence-electron chi connectivity index (χ4n) is 3.27. The number of rotatable bonds is 6. The summed E-state index contributed by atoms with van der Waals surface area (Å²) in [7, 11) is 0. The molecule has 5 nitrogen and oxygen atoms in total. The molecule has 1 heterocycles. The minimum absolute atomic E-state index is 0.103. The van der Waals surface area contributed by atoms with Crippen LogP contribution in [0.4, 0.5) is 0 Å². The first-order valence-corrected chi connectivity index (χ1v) is 9.01. The first kappa shape index (κ1) is 18.7. The van der Waals surface area contributed by atoms with Crippen molar-refractivity contribution in [3.8, 4) is 0 Å². The second-order valence-electron chi connectivity index (χ2n) is 7.14.